The molecule has 0 saturated carbocycles. The number of unbranched alkanes of at least 4 members (excludes halogenated alkanes) is 23. The van der Waals surface area contributed by atoms with E-state index in [1.807, 2.05) is 21.1 Å². The van der Waals surface area contributed by atoms with Crippen LogP contribution in [0, 0.1) is 0 Å². The molecule has 2 atom stereocenters. The van der Waals surface area contributed by atoms with Crippen LogP contribution < -0.4 is 4.89 Å². The van der Waals surface area contributed by atoms with Gasteiger partial charge in [0.25, 0.3) is 7.82 Å². The summed E-state index contributed by atoms with van der Waals surface area (Å²) in [6.45, 7) is 5.39. The van der Waals surface area contributed by atoms with E-state index in [2.05, 4.69) is 38.2 Å². The summed E-state index contributed by atoms with van der Waals surface area (Å²) >= 11 is 0. The largest absolute Gasteiger partial charge is 0.756 e. The second-order valence-corrected chi connectivity index (χ2v) is 17.5. The van der Waals surface area contributed by atoms with Gasteiger partial charge in [-0.1, -0.05) is 167 Å². The van der Waals surface area contributed by atoms with Gasteiger partial charge in [0.15, 0.2) is 0 Å². The molecule has 2 unspecified atom stereocenters. The molecule has 0 aromatic rings. The average Bonchev–Trinajstić information content (AvgIpc) is 3.11. The van der Waals surface area contributed by atoms with Gasteiger partial charge in [-0.05, 0) is 44.9 Å². The van der Waals surface area contributed by atoms with Crippen molar-refractivity contribution in [3.05, 3.63) is 24.3 Å². The number of phosphoric ester groups is 1. The highest BCUT2D eigenvalue weighted by Gasteiger charge is 2.20. The normalized spacial score (nSPS) is 14.0. The van der Waals surface area contributed by atoms with Crippen molar-refractivity contribution >= 4 is 13.8 Å². The predicted octanol–water partition coefficient (Wildman–Crippen LogP) is 12.2. The molecular formula is C44H86NO7P. The first-order valence-corrected chi connectivity index (χ1v) is 23.5. The molecule has 0 amide bonds. The van der Waals surface area contributed by atoms with Gasteiger partial charge >= 0.3 is 5.97 Å². The molecule has 0 aromatic carbocycles. The van der Waals surface area contributed by atoms with Crippen LogP contribution in [-0.4, -0.2) is 70.7 Å². The molecule has 0 fully saturated rings. The fraction of sp³-hybridized carbons (Fsp3) is 0.886. The van der Waals surface area contributed by atoms with E-state index >= 15 is 0 Å². The van der Waals surface area contributed by atoms with Gasteiger partial charge in [-0.15, -0.1) is 0 Å². The SMILES string of the molecule is CCCCC/C=C\C/C=C\CCCCCCCCCCOCC(COP(=O)([O-])OCC[N+](C)(C)C)OC(=O)CCCCCCCCCCCCCCC. The zero-order valence-electron chi connectivity index (χ0n) is 35.5. The van der Waals surface area contributed by atoms with E-state index in [1.165, 1.54) is 135 Å². The number of hydrogen-bond acceptors (Lipinski definition) is 7. The highest BCUT2D eigenvalue weighted by molar-refractivity contribution is 7.45. The van der Waals surface area contributed by atoms with Crippen molar-refractivity contribution in [2.24, 2.45) is 0 Å². The third-order valence-corrected chi connectivity index (χ3v) is 10.5. The van der Waals surface area contributed by atoms with Crippen LogP contribution >= 0.6 is 7.82 Å². The molecule has 0 heterocycles. The maximum Gasteiger partial charge on any atom is 0.306 e. The molecule has 0 N–H and O–H groups in total. The maximum absolute atomic E-state index is 12.7. The third-order valence-electron chi connectivity index (χ3n) is 9.51. The van der Waals surface area contributed by atoms with E-state index in [-0.39, 0.29) is 25.8 Å². The predicted molar refractivity (Wildman–Crippen MR) is 222 cm³/mol. The summed E-state index contributed by atoms with van der Waals surface area (Å²) in [6, 6.07) is 0. The van der Waals surface area contributed by atoms with Gasteiger partial charge in [-0.25, -0.2) is 0 Å². The van der Waals surface area contributed by atoms with E-state index in [4.69, 9.17) is 18.5 Å². The van der Waals surface area contributed by atoms with Crippen LogP contribution in [0.25, 0.3) is 0 Å². The topological polar surface area (TPSA) is 94.1 Å². The molecule has 0 aliphatic carbocycles. The van der Waals surface area contributed by atoms with Crippen LogP contribution in [-0.2, 0) is 27.9 Å². The molecule has 0 spiro atoms. The molecule has 0 aromatic heterocycles. The van der Waals surface area contributed by atoms with Crippen molar-refractivity contribution in [3.8, 4) is 0 Å². The number of ether oxygens (including phenoxy) is 2. The number of allylic oxidation sites excluding steroid dienone is 4. The molecule has 0 radical (unpaired) electrons. The van der Waals surface area contributed by atoms with Gasteiger partial charge in [0.05, 0.1) is 34.4 Å². The molecule has 0 saturated heterocycles. The number of rotatable bonds is 41. The number of esters is 1. The van der Waals surface area contributed by atoms with E-state index in [0.29, 0.717) is 24.1 Å². The van der Waals surface area contributed by atoms with Crippen LogP contribution in [0.5, 0.6) is 0 Å². The van der Waals surface area contributed by atoms with Crippen LogP contribution in [0.1, 0.15) is 194 Å². The van der Waals surface area contributed by atoms with Crippen molar-refractivity contribution < 1.29 is 37.3 Å². The molecule has 0 rings (SSSR count). The molecular weight excluding hydrogens is 685 g/mol. The third kappa shape index (κ3) is 42.0. The van der Waals surface area contributed by atoms with Gasteiger partial charge in [-0.2, -0.15) is 0 Å². The number of phosphoric acid groups is 1. The highest BCUT2D eigenvalue weighted by atomic mass is 31.2. The summed E-state index contributed by atoms with van der Waals surface area (Å²) in [5.74, 6) is -0.335. The number of likely N-dealkylation sites (N-methyl/N-ethyl adjacent to an activating group) is 1. The van der Waals surface area contributed by atoms with E-state index in [0.717, 1.165) is 38.5 Å². The van der Waals surface area contributed by atoms with Gasteiger partial charge in [0.2, 0.25) is 0 Å². The van der Waals surface area contributed by atoms with Crippen molar-refractivity contribution in [1.29, 1.82) is 0 Å². The average molecular weight is 772 g/mol. The van der Waals surface area contributed by atoms with E-state index in [1.54, 1.807) is 0 Å². The molecule has 0 aliphatic heterocycles. The number of hydrogen-bond donors (Lipinski definition) is 0. The smallest absolute Gasteiger partial charge is 0.306 e. The van der Waals surface area contributed by atoms with Gasteiger partial charge in [0.1, 0.15) is 19.3 Å². The fourth-order valence-corrected chi connectivity index (χ4v) is 6.78. The maximum atomic E-state index is 12.7. The molecule has 53 heavy (non-hydrogen) atoms. The Morgan fingerprint density at radius 1 is 0.585 bits per heavy atom. The van der Waals surface area contributed by atoms with Gasteiger partial charge in [0, 0.05) is 13.0 Å². The molecule has 314 valence electrons. The van der Waals surface area contributed by atoms with Crippen molar-refractivity contribution in [1.82, 2.24) is 0 Å². The number of carbonyl (C=O) groups excluding carboxylic acids is 1. The first kappa shape index (κ1) is 52.0. The minimum atomic E-state index is -4.52. The lowest BCUT2D eigenvalue weighted by atomic mass is 10.0. The Hall–Kier alpha value is -1.02. The quantitative estimate of drug-likeness (QED) is 0.0201. The lowest BCUT2D eigenvalue weighted by molar-refractivity contribution is -0.870. The summed E-state index contributed by atoms with van der Waals surface area (Å²) in [6.07, 6.45) is 41.8. The van der Waals surface area contributed by atoms with Crippen molar-refractivity contribution in [2.75, 3.05) is 54.1 Å². The van der Waals surface area contributed by atoms with Crippen LogP contribution in [0.3, 0.4) is 0 Å². The van der Waals surface area contributed by atoms with Gasteiger partial charge in [-0.3, -0.25) is 9.36 Å². The molecule has 9 heteroatoms. The van der Waals surface area contributed by atoms with Crippen molar-refractivity contribution in [3.63, 3.8) is 0 Å². The highest BCUT2D eigenvalue weighted by Crippen LogP contribution is 2.38. The van der Waals surface area contributed by atoms with Crippen LogP contribution in [0.2, 0.25) is 0 Å². The standard InChI is InChI=1S/C44H86NO7P/c1-6-8-10-12-14-16-18-20-21-22-23-24-26-28-30-32-34-36-39-49-41-43(42-51-53(47,48)50-40-38-45(3,4)5)52-44(46)37-35-33-31-29-27-25-19-17-15-13-11-9-7-2/h14,16,20-21,43H,6-13,15,17-19,22-42H2,1-5H3/b16-14-,21-20-. The Balaban J connectivity index is 4.21. The summed E-state index contributed by atoms with van der Waals surface area (Å²) < 4.78 is 34.6. The van der Waals surface area contributed by atoms with Crippen molar-refractivity contribution in [2.45, 2.75) is 200 Å². The Kier molecular flexibility index (Phi) is 37.2. The first-order valence-electron chi connectivity index (χ1n) is 22.1. The molecule has 8 nitrogen and oxygen atoms in total. The minimum absolute atomic E-state index is 0.0268. The lowest BCUT2D eigenvalue weighted by Crippen LogP contribution is -2.37. The Morgan fingerprint density at radius 2 is 1.04 bits per heavy atom. The molecule has 0 aliphatic rings. The Labute approximate surface area is 328 Å². The summed E-state index contributed by atoms with van der Waals surface area (Å²) in [4.78, 5) is 25.0. The Bertz CT molecular complexity index is 905. The van der Waals surface area contributed by atoms with Gasteiger partial charge < -0.3 is 27.9 Å². The monoisotopic (exact) mass is 772 g/mol. The fourth-order valence-electron chi connectivity index (χ4n) is 6.05. The first-order chi connectivity index (χ1) is 25.6. The summed E-state index contributed by atoms with van der Waals surface area (Å²) in [5.41, 5.74) is 0. The second-order valence-electron chi connectivity index (χ2n) is 16.1. The van der Waals surface area contributed by atoms with E-state index in [9.17, 15) is 14.3 Å². The van der Waals surface area contributed by atoms with E-state index < -0.39 is 13.9 Å². The number of nitrogens with zero attached hydrogens (tertiary/aromatic N) is 1. The number of quaternary nitrogens is 1. The number of carbonyl (C=O) groups is 1. The van der Waals surface area contributed by atoms with Crippen LogP contribution in [0.4, 0.5) is 0 Å². The summed E-state index contributed by atoms with van der Waals surface area (Å²) in [7, 11) is 1.36. The zero-order valence-corrected chi connectivity index (χ0v) is 36.4. The Morgan fingerprint density at radius 3 is 1.57 bits per heavy atom. The summed E-state index contributed by atoms with van der Waals surface area (Å²) in [5, 5.41) is 0. The minimum Gasteiger partial charge on any atom is -0.756 e. The lowest BCUT2D eigenvalue weighted by Gasteiger charge is -2.28. The second kappa shape index (κ2) is 37.9. The molecule has 0 bridgehead atoms. The van der Waals surface area contributed by atoms with Crippen LogP contribution in [0.15, 0.2) is 24.3 Å². The zero-order chi connectivity index (χ0) is 39.1.